The molecule has 0 aliphatic heterocycles. The van der Waals surface area contributed by atoms with Gasteiger partial charge in [0.05, 0.1) is 12.1 Å². The van der Waals surface area contributed by atoms with Crippen LogP contribution in [0.15, 0.2) is 0 Å². The van der Waals surface area contributed by atoms with E-state index in [1.807, 2.05) is 18.9 Å². The van der Waals surface area contributed by atoms with Gasteiger partial charge in [0.1, 0.15) is 0 Å². The third-order valence-electron chi connectivity index (χ3n) is 4.97. The zero-order valence-corrected chi connectivity index (χ0v) is 13.7. The second-order valence-corrected chi connectivity index (χ2v) is 6.68. The Hall–Kier alpha value is -0.610. The molecule has 0 aromatic rings. The molecule has 1 rings (SSSR count). The van der Waals surface area contributed by atoms with Gasteiger partial charge < -0.3 is 10.4 Å². The molecular weight excluding hydrogens is 252 g/mol. The van der Waals surface area contributed by atoms with Gasteiger partial charge in [-0.2, -0.15) is 0 Å². The lowest BCUT2D eigenvalue weighted by atomic mass is 9.78. The lowest BCUT2D eigenvalue weighted by Gasteiger charge is -2.36. The van der Waals surface area contributed by atoms with Crippen LogP contribution >= 0.6 is 0 Å². The topological polar surface area (TPSA) is 52.6 Å². The van der Waals surface area contributed by atoms with Crippen LogP contribution in [0.4, 0.5) is 0 Å². The molecule has 1 aliphatic rings. The molecule has 0 radical (unpaired) electrons. The van der Waals surface area contributed by atoms with Crippen LogP contribution in [0.2, 0.25) is 0 Å². The van der Waals surface area contributed by atoms with Crippen molar-refractivity contribution in [2.75, 3.05) is 13.6 Å². The van der Waals surface area contributed by atoms with Crippen LogP contribution in [0.25, 0.3) is 0 Å². The van der Waals surface area contributed by atoms with Gasteiger partial charge in [0, 0.05) is 12.6 Å². The number of amides is 1. The van der Waals surface area contributed by atoms with Gasteiger partial charge >= 0.3 is 0 Å². The van der Waals surface area contributed by atoms with E-state index >= 15 is 0 Å². The predicted molar refractivity (Wildman–Crippen MR) is 82.5 cm³/mol. The molecule has 0 heterocycles. The third-order valence-corrected chi connectivity index (χ3v) is 4.97. The average molecular weight is 284 g/mol. The second-order valence-electron chi connectivity index (χ2n) is 6.68. The van der Waals surface area contributed by atoms with Gasteiger partial charge in [-0.25, -0.2) is 0 Å². The van der Waals surface area contributed by atoms with Crippen molar-refractivity contribution < 1.29 is 9.90 Å². The molecule has 4 heteroatoms. The van der Waals surface area contributed by atoms with Crippen LogP contribution in [0, 0.1) is 11.8 Å². The minimum absolute atomic E-state index is 0.115. The molecule has 1 amide bonds. The fourth-order valence-electron chi connectivity index (χ4n) is 2.87. The van der Waals surface area contributed by atoms with Crippen molar-refractivity contribution in [2.45, 2.75) is 71.6 Å². The van der Waals surface area contributed by atoms with Crippen LogP contribution in [0.1, 0.15) is 53.4 Å². The molecule has 1 aliphatic carbocycles. The Labute approximate surface area is 123 Å². The molecule has 1 saturated carbocycles. The number of likely N-dealkylation sites (N-methyl/N-ethyl adjacent to an activating group) is 1. The van der Waals surface area contributed by atoms with Crippen LogP contribution in [0.3, 0.4) is 0 Å². The van der Waals surface area contributed by atoms with Gasteiger partial charge in [-0.1, -0.05) is 26.7 Å². The average Bonchev–Trinajstić information content (AvgIpc) is 2.40. The van der Waals surface area contributed by atoms with Gasteiger partial charge in [0.15, 0.2) is 0 Å². The van der Waals surface area contributed by atoms with E-state index in [2.05, 4.69) is 19.2 Å². The fraction of sp³-hybridized carbons (Fsp3) is 0.938. The molecule has 0 saturated heterocycles. The van der Waals surface area contributed by atoms with Crippen LogP contribution in [-0.4, -0.2) is 47.7 Å². The van der Waals surface area contributed by atoms with Crippen molar-refractivity contribution in [3.8, 4) is 0 Å². The number of hydrogen-bond acceptors (Lipinski definition) is 3. The summed E-state index contributed by atoms with van der Waals surface area (Å²) >= 11 is 0. The molecule has 5 atom stereocenters. The first-order valence-corrected chi connectivity index (χ1v) is 8.01. The van der Waals surface area contributed by atoms with Gasteiger partial charge in [0.25, 0.3) is 0 Å². The first-order valence-electron chi connectivity index (χ1n) is 8.01. The van der Waals surface area contributed by atoms with Gasteiger partial charge in [-0.3, -0.25) is 9.69 Å². The molecule has 4 nitrogen and oxygen atoms in total. The maximum Gasteiger partial charge on any atom is 0.237 e. The molecule has 0 aromatic carbocycles. The van der Waals surface area contributed by atoms with Crippen molar-refractivity contribution in [1.82, 2.24) is 10.2 Å². The summed E-state index contributed by atoms with van der Waals surface area (Å²) in [6.07, 6.45) is 3.97. The molecule has 0 bridgehead atoms. The van der Waals surface area contributed by atoms with Gasteiger partial charge in [-0.05, 0) is 45.6 Å². The molecule has 1 fully saturated rings. The van der Waals surface area contributed by atoms with E-state index in [1.54, 1.807) is 6.92 Å². The van der Waals surface area contributed by atoms with Crippen LogP contribution in [0.5, 0.6) is 0 Å². The van der Waals surface area contributed by atoms with E-state index in [1.165, 1.54) is 12.8 Å². The zero-order chi connectivity index (χ0) is 15.3. The lowest BCUT2D eigenvalue weighted by molar-refractivity contribution is -0.127. The normalized spacial score (nSPS) is 30.1. The Balaban J connectivity index is 2.44. The number of carbonyl (C=O) groups is 1. The molecule has 0 aromatic heterocycles. The van der Waals surface area contributed by atoms with E-state index in [4.69, 9.17) is 0 Å². The molecule has 0 spiro atoms. The number of rotatable bonds is 6. The minimum Gasteiger partial charge on any atom is -0.393 e. The Morgan fingerprint density at radius 2 is 2.00 bits per heavy atom. The first kappa shape index (κ1) is 17.4. The van der Waals surface area contributed by atoms with Crippen LogP contribution in [-0.2, 0) is 4.79 Å². The lowest BCUT2D eigenvalue weighted by Crippen LogP contribution is -2.50. The second kappa shape index (κ2) is 7.99. The molecular formula is C16H32N2O2. The molecule has 2 N–H and O–H groups in total. The number of aliphatic hydroxyl groups is 1. The Kier molecular flexibility index (Phi) is 6.96. The van der Waals surface area contributed by atoms with Crippen molar-refractivity contribution >= 4 is 5.91 Å². The highest BCUT2D eigenvalue weighted by atomic mass is 16.3. The summed E-state index contributed by atoms with van der Waals surface area (Å²) in [6.45, 7) is 8.98. The van der Waals surface area contributed by atoms with Crippen molar-refractivity contribution in [3.63, 3.8) is 0 Å². The maximum absolute atomic E-state index is 12.3. The third kappa shape index (κ3) is 5.06. The standard InChI is InChI=1S/C16H32N2O2/c1-11-7-6-8-15(13(11)3)17-16(20)14(4)18(5)10-9-12(2)19/h11-15,19H,6-10H2,1-5H3,(H,17,20). The molecule has 20 heavy (non-hydrogen) atoms. The number of nitrogens with one attached hydrogen (secondary N) is 1. The summed E-state index contributed by atoms with van der Waals surface area (Å²) in [4.78, 5) is 14.3. The summed E-state index contributed by atoms with van der Waals surface area (Å²) in [5.41, 5.74) is 0. The maximum atomic E-state index is 12.3. The first-order chi connectivity index (χ1) is 9.32. The fourth-order valence-corrected chi connectivity index (χ4v) is 2.87. The van der Waals surface area contributed by atoms with E-state index < -0.39 is 0 Å². The van der Waals surface area contributed by atoms with Gasteiger partial charge in [-0.15, -0.1) is 0 Å². The monoisotopic (exact) mass is 284 g/mol. The SMILES string of the molecule is CC(O)CCN(C)C(C)C(=O)NC1CCCC(C)C1C. The number of nitrogens with zero attached hydrogens (tertiary/aromatic N) is 1. The Bertz CT molecular complexity index is 307. The van der Waals surface area contributed by atoms with E-state index in [9.17, 15) is 9.90 Å². The van der Waals surface area contributed by atoms with E-state index in [-0.39, 0.29) is 18.1 Å². The summed E-state index contributed by atoms with van der Waals surface area (Å²) < 4.78 is 0. The Morgan fingerprint density at radius 1 is 1.35 bits per heavy atom. The minimum atomic E-state index is -0.313. The van der Waals surface area contributed by atoms with E-state index in [0.717, 1.165) is 13.0 Å². The number of hydrogen-bond donors (Lipinski definition) is 2. The molecule has 5 unspecified atom stereocenters. The summed E-state index contributed by atoms with van der Waals surface area (Å²) in [6, 6.07) is 0.178. The number of aliphatic hydroxyl groups excluding tert-OH is 1. The van der Waals surface area contributed by atoms with Gasteiger partial charge in [0.2, 0.25) is 5.91 Å². The number of carbonyl (C=O) groups excluding carboxylic acids is 1. The highest BCUT2D eigenvalue weighted by Crippen LogP contribution is 2.29. The zero-order valence-electron chi connectivity index (χ0n) is 13.7. The van der Waals surface area contributed by atoms with Crippen molar-refractivity contribution in [2.24, 2.45) is 11.8 Å². The Morgan fingerprint density at radius 3 is 2.60 bits per heavy atom. The summed E-state index contributed by atoms with van der Waals surface area (Å²) in [5.74, 6) is 1.36. The largest absolute Gasteiger partial charge is 0.393 e. The smallest absolute Gasteiger partial charge is 0.237 e. The molecule has 118 valence electrons. The van der Waals surface area contributed by atoms with Crippen molar-refractivity contribution in [3.05, 3.63) is 0 Å². The highest BCUT2D eigenvalue weighted by molar-refractivity contribution is 5.81. The quantitative estimate of drug-likeness (QED) is 0.784. The summed E-state index contributed by atoms with van der Waals surface area (Å²) in [5, 5.41) is 12.5. The van der Waals surface area contributed by atoms with E-state index in [0.29, 0.717) is 24.3 Å². The predicted octanol–water partition coefficient (Wildman–Crippen LogP) is 2.02. The highest BCUT2D eigenvalue weighted by Gasteiger charge is 2.29. The van der Waals surface area contributed by atoms with Crippen molar-refractivity contribution in [1.29, 1.82) is 0 Å². The van der Waals surface area contributed by atoms with Crippen LogP contribution < -0.4 is 5.32 Å². The summed E-state index contributed by atoms with van der Waals surface area (Å²) in [7, 11) is 1.94.